The Morgan fingerprint density at radius 2 is 2.04 bits per heavy atom. The Bertz CT molecular complexity index is 923. The van der Waals surface area contributed by atoms with Gasteiger partial charge in [-0.2, -0.15) is 5.10 Å². The van der Waals surface area contributed by atoms with E-state index in [1.165, 1.54) is 12.4 Å². The van der Waals surface area contributed by atoms with E-state index in [4.69, 9.17) is 22.1 Å². The molecule has 25 heavy (non-hydrogen) atoms. The van der Waals surface area contributed by atoms with Gasteiger partial charge in [-0.1, -0.05) is 11.6 Å². The van der Waals surface area contributed by atoms with E-state index in [9.17, 15) is 4.39 Å². The van der Waals surface area contributed by atoms with Gasteiger partial charge in [0, 0.05) is 30.2 Å². The van der Waals surface area contributed by atoms with Gasteiger partial charge in [0.05, 0.1) is 30.6 Å². The SMILES string of the molecule is NCc1cc(F)c(-c2ncnn3cc(N4CCOCC4)cc23)cc1Cl. The average Bonchev–Trinajstić information content (AvgIpc) is 3.08. The minimum Gasteiger partial charge on any atom is -0.378 e. The van der Waals surface area contributed by atoms with Gasteiger partial charge in [-0.15, -0.1) is 0 Å². The van der Waals surface area contributed by atoms with Crippen LogP contribution in [0.25, 0.3) is 16.8 Å². The molecule has 0 saturated carbocycles. The molecule has 1 aliphatic rings. The predicted molar refractivity (Wildman–Crippen MR) is 94.3 cm³/mol. The van der Waals surface area contributed by atoms with Crippen LogP contribution in [-0.2, 0) is 11.3 Å². The fraction of sp³-hybridized carbons (Fsp3) is 0.294. The zero-order valence-electron chi connectivity index (χ0n) is 13.5. The summed E-state index contributed by atoms with van der Waals surface area (Å²) >= 11 is 6.21. The highest BCUT2D eigenvalue weighted by molar-refractivity contribution is 6.31. The lowest BCUT2D eigenvalue weighted by atomic mass is 10.1. The van der Waals surface area contributed by atoms with Gasteiger partial charge in [0.25, 0.3) is 0 Å². The number of hydrogen-bond donors (Lipinski definition) is 1. The molecule has 1 saturated heterocycles. The summed E-state index contributed by atoms with van der Waals surface area (Å²) in [6.07, 6.45) is 3.33. The van der Waals surface area contributed by atoms with Gasteiger partial charge in [-0.3, -0.25) is 0 Å². The molecule has 3 aromatic rings. The lowest BCUT2D eigenvalue weighted by Gasteiger charge is -2.27. The van der Waals surface area contributed by atoms with Gasteiger partial charge < -0.3 is 15.4 Å². The molecular weight excluding hydrogens is 345 g/mol. The fourth-order valence-electron chi connectivity index (χ4n) is 3.04. The Morgan fingerprint density at radius 1 is 1.24 bits per heavy atom. The number of ether oxygens (including phenoxy) is 1. The number of benzene rings is 1. The van der Waals surface area contributed by atoms with Crippen LogP contribution in [-0.4, -0.2) is 40.9 Å². The summed E-state index contributed by atoms with van der Waals surface area (Å²) < 4.78 is 21.7. The Labute approximate surface area is 149 Å². The number of aromatic nitrogens is 3. The van der Waals surface area contributed by atoms with Crippen molar-refractivity contribution in [3.63, 3.8) is 0 Å². The Kier molecular flexibility index (Phi) is 4.29. The summed E-state index contributed by atoms with van der Waals surface area (Å²) in [5.41, 5.74) is 8.72. The standard InChI is InChI=1S/C17H17ClFN5O/c18-14-7-13(15(19)5-11(14)8-20)17-16-6-12(9-24(16)22-10-21-17)23-1-3-25-4-2-23/h5-7,9-10H,1-4,8,20H2. The van der Waals surface area contributed by atoms with Crippen molar-refractivity contribution < 1.29 is 9.13 Å². The molecule has 3 heterocycles. The van der Waals surface area contributed by atoms with E-state index >= 15 is 0 Å². The minimum atomic E-state index is -0.403. The van der Waals surface area contributed by atoms with Gasteiger partial charge in [-0.25, -0.2) is 13.9 Å². The number of hydrogen-bond acceptors (Lipinski definition) is 5. The molecule has 0 bridgehead atoms. The third-order valence-corrected chi connectivity index (χ3v) is 4.73. The zero-order chi connectivity index (χ0) is 17.4. The third kappa shape index (κ3) is 2.95. The topological polar surface area (TPSA) is 68.7 Å². The van der Waals surface area contributed by atoms with Crippen LogP contribution in [0, 0.1) is 5.82 Å². The highest BCUT2D eigenvalue weighted by Crippen LogP contribution is 2.32. The van der Waals surface area contributed by atoms with E-state index in [0.717, 1.165) is 24.3 Å². The molecule has 0 atom stereocenters. The summed E-state index contributed by atoms with van der Waals surface area (Å²) in [4.78, 5) is 6.50. The van der Waals surface area contributed by atoms with Crippen LogP contribution in [0.1, 0.15) is 5.56 Å². The minimum absolute atomic E-state index is 0.182. The van der Waals surface area contributed by atoms with E-state index in [1.54, 1.807) is 10.6 Å². The second-order valence-corrected chi connectivity index (χ2v) is 6.27. The molecule has 130 valence electrons. The lowest BCUT2D eigenvalue weighted by Crippen LogP contribution is -2.35. The van der Waals surface area contributed by atoms with E-state index in [-0.39, 0.29) is 6.54 Å². The van der Waals surface area contributed by atoms with Gasteiger partial charge in [0.15, 0.2) is 0 Å². The fourth-order valence-corrected chi connectivity index (χ4v) is 3.28. The molecule has 6 nitrogen and oxygen atoms in total. The quantitative estimate of drug-likeness (QED) is 0.776. The van der Waals surface area contributed by atoms with Gasteiger partial charge in [0.2, 0.25) is 0 Å². The smallest absolute Gasteiger partial charge is 0.137 e. The second kappa shape index (κ2) is 6.59. The van der Waals surface area contributed by atoms with Crippen LogP contribution >= 0.6 is 11.6 Å². The monoisotopic (exact) mass is 361 g/mol. The van der Waals surface area contributed by atoms with Crippen LogP contribution in [0.3, 0.4) is 0 Å². The van der Waals surface area contributed by atoms with E-state index in [1.807, 2.05) is 12.3 Å². The number of rotatable bonds is 3. The van der Waals surface area contributed by atoms with Crippen LogP contribution in [0.4, 0.5) is 10.1 Å². The van der Waals surface area contributed by atoms with Crippen LogP contribution in [0.2, 0.25) is 5.02 Å². The van der Waals surface area contributed by atoms with Gasteiger partial charge >= 0.3 is 0 Å². The summed E-state index contributed by atoms with van der Waals surface area (Å²) in [7, 11) is 0. The van der Waals surface area contributed by atoms with E-state index in [2.05, 4.69) is 15.0 Å². The van der Waals surface area contributed by atoms with Gasteiger partial charge in [-0.05, 0) is 23.8 Å². The molecule has 0 aliphatic carbocycles. The van der Waals surface area contributed by atoms with Crippen molar-refractivity contribution >= 4 is 22.8 Å². The maximum Gasteiger partial charge on any atom is 0.137 e. The van der Waals surface area contributed by atoms with E-state index < -0.39 is 5.82 Å². The van der Waals surface area contributed by atoms with Crippen molar-refractivity contribution in [1.82, 2.24) is 14.6 Å². The van der Waals surface area contributed by atoms with Crippen molar-refractivity contribution in [3.8, 4) is 11.3 Å². The predicted octanol–water partition coefficient (Wildman–Crippen LogP) is 2.48. The first kappa shape index (κ1) is 16.3. The van der Waals surface area contributed by atoms with Crippen molar-refractivity contribution in [1.29, 1.82) is 0 Å². The lowest BCUT2D eigenvalue weighted by molar-refractivity contribution is 0.122. The molecule has 1 aliphatic heterocycles. The van der Waals surface area contributed by atoms with Crippen LogP contribution in [0.15, 0.2) is 30.7 Å². The van der Waals surface area contributed by atoms with Crippen molar-refractivity contribution in [3.05, 3.63) is 47.1 Å². The first-order valence-corrected chi connectivity index (χ1v) is 8.39. The summed E-state index contributed by atoms with van der Waals surface area (Å²) in [5, 5.41) is 4.67. The average molecular weight is 362 g/mol. The molecule has 1 aromatic carbocycles. The molecule has 0 unspecified atom stereocenters. The molecular formula is C17H17ClFN5O. The number of anilines is 1. The van der Waals surface area contributed by atoms with Crippen LogP contribution < -0.4 is 10.6 Å². The molecule has 1 fully saturated rings. The van der Waals surface area contributed by atoms with Gasteiger partial charge in [0.1, 0.15) is 17.8 Å². The number of morpholine rings is 1. The Hall–Kier alpha value is -2.22. The summed E-state index contributed by atoms with van der Waals surface area (Å²) in [6.45, 7) is 3.18. The molecule has 2 N–H and O–H groups in total. The normalized spacial score (nSPS) is 15.1. The van der Waals surface area contributed by atoms with Crippen molar-refractivity contribution in [2.75, 3.05) is 31.2 Å². The number of halogens is 2. The summed E-state index contributed by atoms with van der Waals surface area (Å²) in [6, 6.07) is 4.90. The highest BCUT2D eigenvalue weighted by atomic mass is 35.5. The molecule has 4 rings (SSSR count). The molecule has 8 heteroatoms. The Morgan fingerprint density at radius 3 is 2.80 bits per heavy atom. The zero-order valence-corrected chi connectivity index (χ0v) is 14.2. The first-order valence-electron chi connectivity index (χ1n) is 8.02. The van der Waals surface area contributed by atoms with Crippen LogP contribution in [0.5, 0.6) is 0 Å². The maximum atomic E-state index is 14.6. The number of fused-ring (bicyclic) bond motifs is 1. The second-order valence-electron chi connectivity index (χ2n) is 5.86. The van der Waals surface area contributed by atoms with E-state index in [0.29, 0.717) is 35.1 Å². The third-order valence-electron chi connectivity index (χ3n) is 4.38. The van der Waals surface area contributed by atoms with Crippen molar-refractivity contribution in [2.45, 2.75) is 6.54 Å². The Balaban J connectivity index is 1.82. The van der Waals surface area contributed by atoms with Crippen molar-refractivity contribution in [2.24, 2.45) is 5.73 Å². The molecule has 0 spiro atoms. The number of nitrogens with zero attached hydrogens (tertiary/aromatic N) is 4. The number of nitrogens with two attached hydrogens (primary N) is 1. The largest absolute Gasteiger partial charge is 0.378 e. The maximum absolute atomic E-state index is 14.6. The molecule has 2 aromatic heterocycles. The summed E-state index contributed by atoms with van der Waals surface area (Å²) in [5.74, 6) is -0.403. The highest BCUT2D eigenvalue weighted by Gasteiger charge is 2.18. The molecule has 0 radical (unpaired) electrons. The first-order chi connectivity index (χ1) is 12.2. The molecule has 0 amide bonds.